The van der Waals surface area contributed by atoms with Gasteiger partial charge in [-0.05, 0) is 48.4 Å². The molecule has 0 saturated heterocycles. The van der Waals surface area contributed by atoms with Gasteiger partial charge in [0.2, 0.25) is 5.95 Å². The largest absolute Gasteiger partial charge is 0.368 e. The van der Waals surface area contributed by atoms with Gasteiger partial charge in [-0.15, -0.1) is 0 Å². The Bertz CT molecular complexity index is 1020. The molecule has 0 radical (unpaired) electrons. The summed E-state index contributed by atoms with van der Waals surface area (Å²) in [5.74, 6) is -0.218. The molecular weight excluding hydrogens is 363 g/mol. The number of nitrogens with one attached hydrogen (secondary N) is 2. The van der Waals surface area contributed by atoms with Gasteiger partial charge in [0.05, 0.1) is 5.54 Å². The minimum Gasteiger partial charge on any atom is -0.368 e. The van der Waals surface area contributed by atoms with Crippen LogP contribution in [0.4, 0.5) is 4.39 Å². The third-order valence-corrected chi connectivity index (χ3v) is 5.66. The normalized spacial score (nSPS) is 21.4. The molecule has 1 aliphatic rings. The average molecular weight is 388 g/mol. The fourth-order valence-corrected chi connectivity index (χ4v) is 3.83. The van der Waals surface area contributed by atoms with E-state index < -0.39 is 11.5 Å². The summed E-state index contributed by atoms with van der Waals surface area (Å²) in [6.45, 7) is 4.23. The highest BCUT2D eigenvalue weighted by Gasteiger charge is 2.54. The van der Waals surface area contributed by atoms with Gasteiger partial charge in [0.25, 0.3) is 0 Å². The highest BCUT2D eigenvalue weighted by atomic mass is 19.1. The van der Waals surface area contributed by atoms with E-state index in [1.807, 2.05) is 49.5 Å². The van der Waals surface area contributed by atoms with Crippen molar-refractivity contribution in [2.24, 2.45) is 5.73 Å². The first-order valence-electron chi connectivity index (χ1n) is 9.71. The van der Waals surface area contributed by atoms with Gasteiger partial charge in [-0.1, -0.05) is 55.1 Å². The molecule has 0 aliphatic heterocycles. The summed E-state index contributed by atoms with van der Waals surface area (Å²) in [7, 11) is 1.87. The van der Waals surface area contributed by atoms with Gasteiger partial charge < -0.3 is 11.1 Å². The smallest absolute Gasteiger partial charge is 0.220 e. The van der Waals surface area contributed by atoms with Gasteiger partial charge in [0.1, 0.15) is 6.17 Å². The summed E-state index contributed by atoms with van der Waals surface area (Å²) >= 11 is 0. The second kappa shape index (κ2) is 7.78. The molecule has 148 valence electrons. The fourth-order valence-electron chi connectivity index (χ4n) is 3.83. The molecule has 3 atom stereocenters. The number of benzene rings is 2. The maximum Gasteiger partial charge on any atom is 0.220 e. The van der Waals surface area contributed by atoms with Crippen LogP contribution in [-0.2, 0) is 0 Å². The number of pyridine rings is 1. The topological polar surface area (TPSA) is 63.0 Å². The SMILES string of the molecule is C=C(N[C@H](NC)c1cccc(-c2cccnc2F)c1)C1(N)CC1c1ccccc1. The zero-order chi connectivity index (χ0) is 20.4. The highest BCUT2D eigenvalue weighted by Crippen LogP contribution is 2.52. The Kier molecular flexibility index (Phi) is 5.18. The van der Waals surface area contributed by atoms with Crippen molar-refractivity contribution in [3.05, 3.63) is 102 Å². The molecule has 3 aromatic rings. The zero-order valence-corrected chi connectivity index (χ0v) is 16.4. The minimum absolute atomic E-state index is 0.195. The third-order valence-electron chi connectivity index (χ3n) is 5.66. The van der Waals surface area contributed by atoms with Crippen LogP contribution in [0.5, 0.6) is 0 Å². The second-order valence-electron chi connectivity index (χ2n) is 7.52. The van der Waals surface area contributed by atoms with E-state index in [0.29, 0.717) is 5.56 Å². The third kappa shape index (κ3) is 3.79. The lowest BCUT2D eigenvalue weighted by Gasteiger charge is -2.25. The van der Waals surface area contributed by atoms with Crippen LogP contribution in [0.25, 0.3) is 11.1 Å². The van der Waals surface area contributed by atoms with E-state index >= 15 is 0 Å². The van der Waals surface area contributed by atoms with Crippen molar-refractivity contribution in [2.45, 2.75) is 24.0 Å². The van der Waals surface area contributed by atoms with E-state index in [-0.39, 0.29) is 12.1 Å². The molecule has 1 aromatic heterocycles. The molecule has 4 N–H and O–H groups in total. The number of halogens is 1. The van der Waals surface area contributed by atoms with Crippen molar-refractivity contribution in [3.63, 3.8) is 0 Å². The van der Waals surface area contributed by atoms with Crippen LogP contribution >= 0.6 is 0 Å². The molecule has 4 nitrogen and oxygen atoms in total. The molecule has 1 fully saturated rings. The summed E-state index contributed by atoms with van der Waals surface area (Å²) in [5, 5.41) is 6.70. The average Bonchev–Trinajstić information content (AvgIpc) is 3.46. The quantitative estimate of drug-likeness (QED) is 0.421. The molecule has 4 rings (SSSR count). The van der Waals surface area contributed by atoms with Gasteiger partial charge in [0, 0.05) is 23.4 Å². The van der Waals surface area contributed by atoms with Gasteiger partial charge in [-0.2, -0.15) is 4.39 Å². The van der Waals surface area contributed by atoms with Gasteiger partial charge in [-0.3, -0.25) is 5.32 Å². The summed E-state index contributed by atoms with van der Waals surface area (Å²) in [6, 6.07) is 21.5. The number of rotatable bonds is 7. The van der Waals surface area contributed by atoms with Crippen LogP contribution in [-0.4, -0.2) is 17.6 Å². The monoisotopic (exact) mass is 388 g/mol. The van der Waals surface area contributed by atoms with Crippen LogP contribution in [0.3, 0.4) is 0 Å². The van der Waals surface area contributed by atoms with E-state index in [1.165, 1.54) is 11.8 Å². The van der Waals surface area contributed by atoms with Crippen LogP contribution in [0.2, 0.25) is 0 Å². The van der Waals surface area contributed by atoms with Gasteiger partial charge in [-0.25, -0.2) is 4.98 Å². The highest BCUT2D eigenvalue weighted by molar-refractivity contribution is 5.64. The molecule has 2 unspecified atom stereocenters. The molecule has 0 spiro atoms. The van der Waals surface area contributed by atoms with Crippen molar-refractivity contribution in [1.29, 1.82) is 0 Å². The first kappa shape index (κ1) is 19.3. The molecule has 1 aliphatic carbocycles. The van der Waals surface area contributed by atoms with Crippen LogP contribution < -0.4 is 16.4 Å². The number of hydrogen-bond donors (Lipinski definition) is 3. The van der Waals surface area contributed by atoms with E-state index in [4.69, 9.17) is 5.73 Å². The van der Waals surface area contributed by atoms with Gasteiger partial charge >= 0.3 is 0 Å². The Labute approximate surface area is 170 Å². The predicted octanol–water partition coefficient (Wildman–Crippen LogP) is 4.09. The summed E-state index contributed by atoms with van der Waals surface area (Å²) in [6.07, 6.45) is 2.12. The van der Waals surface area contributed by atoms with Gasteiger partial charge in [0.15, 0.2) is 0 Å². The zero-order valence-electron chi connectivity index (χ0n) is 16.4. The minimum atomic E-state index is -0.479. The van der Waals surface area contributed by atoms with E-state index in [1.54, 1.807) is 12.1 Å². The Balaban J connectivity index is 1.52. The Hall–Kier alpha value is -3.02. The molecular formula is C24H25FN4. The van der Waals surface area contributed by atoms with Crippen molar-refractivity contribution in [3.8, 4) is 11.1 Å². The molecule has 1 heterocycles. The summed E-state index contributed by atoms with van der Waals surface area (Å²) in [5.41, 5.74) is 10.4. The number of hydrogen-bond acceptors (Lipinski definition) is 4. The predicted molar refractivity (Wildman–Crippen MR) is 114 cm³/mol. The van der Waals surface area contributed by atoms with Crippen molar-refractivity contribution < 1.29 is 4.39 Å². The summed E-state index contributed by atoms with van der Waals surface area (Å²) in [4.78, 5) is 3.75. The first-order chi connectivity index (χ1) is 14.0. The first-order valence-corrected chi connectivity index (χ1v) is 9.71. The molecule has 0 amide bonds. The molecule has 5 heteroatoms. The lowest BCUT2D eigenvalue weighted by atomic mass is 10.0. The molecule has 0 bridgehead atoms. The summed E-state index contributed by atoms with van der Waals surface area (Å²) < 4.78 is 14.1. The molecule has 1 saturated carbocycles. The second-order valence-corrected chi connectivity index (χ2v) is 7.52. The number of nitrogens with two attached hydrogens (primary N) is 1. The standard InChI is InChI=1S/C24H25FN4/c1-16(24(26)15-21(24)17-8-4-3-5-9-17)29-23(27-2)19-11-6-10-18(14-19)20-12-7-13-28-22(20)25/h3-14,21,23,27,29H,1,15,26H2,2H3/t21?,23-,24?/m0/s1. The van der Waals surface area contributed by atoms with Crippen LogP contribution in [0.15, 0.2) is 85.2 Å². The molecule has 29 heavy (non-hydrogen) atoms. The van der Waals surface area contributed by atoms with E-state index in [2.05, 4.69) is 34.3 Å². The van der Waals surface area contributed by atoms with Crippen molar-refractivity contribution in [1.82, 2.24) is 15.6 Å². The van der Waals surface area contributed by atoms with Crippen LogP contribution in [0, 0.1) is 5.95 Å². The van der Waals surface area contributed by atoms with Crippen LogP contribution in [0.1, 0.15) is 29.6 Å². The van der Waals surface area contributed by atoms with E-state index in [9.17, 15) is 4.39 Å². The van der Waals surface area contributed by atoms with Crippen molar-refractivity contribution >= 4 is 0 Å². The Morgan fingerprint density at radius 2 is 1.97 bits per heavy atom. The lowest BCUT2D eigenvalue weighted by Crippen LogP contribution is -2.40. The maximum absolute atomic E-state index is 14.1. The fraction of sp³-hybridized carbons (Fsp3) is 0.208. The lowest BCUT2D eigenvalue weighted by molar-refractivity contribution is 0.493. The number of aromatic nitrogens is 1. The van der Waals surface area contributed by atoms with E-state index in [0.717, 1.165) is 23.2 Å². The Morgan fingerprint density at radius 3 is 2.69 bits per heavy atom. The Morgan fingerprint density at radius 1 is 1.17 bits per heavy atom. The maximum atomic E-state index is 14.1. The number of nitrogens with zero attached hydrogens (tertiary/aromatic N) is 1. The van der Waals surface area contributed by atoms with Crippen molar-refractivity contribution in [2.75, 3.05) is 7.05 Å². The molecule has 2 aromatic carbocycles.